The lowest BCUT2D eigenvalue weighted by Gasteiger charge is -2.26. The third-order valence-corrected chi connectivity index (χ3v) is 2.87. The van der Waals surface area contributed by atoms with Crippen LogP contribution in [-0.2, 0) is 11.3 Å². The molecule has 0 aromatic heterocycles. The summed E-state index contributed by atoms with van der Waals surface area (Å²) >= 11 is 0. The summed E-state index contributed by atoms with van der Waals surface area (Å²) in [6, 6.07) is 4.44. The van der Waals surface area contributed by atoms with Crippen LogP contribution in [0.2, 0.25) is 0 Å². The number of hydrogen-bond donors (Lipinski definition) is 2. The molecule has 0 radical (unpaired) electrons. The normalized spacial score (nSPS) is 17.9. The number of oxime groups is 1. The van der Waals surface area contributed by atoms with E-state index < -0.39 is 0 Å². The summed E-state index contributed by atoms with van der Waals surface area (Å²) in [6.07, 6.45) is 0. The first-order valence-electron chi connectivity index (χ1n) is 5.76. The van der Waals surface area contributed by atoms with Gasteiger partial charge in [-0.25, -0.2) is 4.39 Å². The quantitative estimate of drug-likeness (QED) is 0.361. The van der Waals surface area contributed by atoms with Gasteiger partial charge >= 0.3 is 0 Å². The first-order valence-corrected chi connectivity index (χ1v) is 5.76. The molecule has 1 aliphatic heterocycles. The Morgan fingerprint density at radius 3 is 2.78 bits per heavy atom. The van der Waals surface area contributed by atoms with E-state index >= 15 is 0 Å². The number of rotatable bonds is 3. The standard InChI is InChI=1S/C12H16FN3O2/c13-11-6-9(5-10(7-11)12(14)15-17)8-16-1-3-18-4-2-16/h5-7,17H,1-4,8H2,(H2,14,15). The van der Waals surface area contributed by atoms with Crippen LogP contribution < -0.4 is 5.73 Å². The Balaban J connectivity index is 2.14. The van der Waals surface area contributed by atoms with E-state index in [4.69, 9.17) is 15.7 Å². The Kier molecular flexibility index (Phi) is 4.11. The number of nitrogens with two attached hydrogens (primary N) is 1. The average molecular weight is 253 g/mol. The lowest BCUT2D eigenvalue weighted by atomic mass is 10.1. The number of halogens is 1. The van der Waals surface area contributed by atoms with E-state index in [0.29, 0.717) is 25.3 Å². The lowest BCUT2D eigenvalue weighted by molar-refractivity contribution is 0.0341. The van der Waals surface area contributed by atoms with E-state index in [-0.39, 0.29) is 11.7 Å². The molecule has 1 aromatic rings. The van der Waals surface area contributed by atoms with Gasteiger partial charge in [0.15, 0.2) is 5.84 Å². The number of hydrogen-bond acceptors (Lipinski definition) is 4. The molecule has 1 heterocycles. The summed E-state index contributed by atoms with van der Waals surface area (Å²) in [5.74, 6) is -0.472. The van der Waals surface area contributed by atoms with E-state index in [9.17, 15) is 4.39 Å². The SMILES string of the molecule is N/C(=N/O)c1cc(F)cc(CN2CCOCC2)c1. The fourth-order valence-electron chi connectivity index (χ4n) is 1.96. The van der Waals surface area contributed by atoms with Gasteiger partial charge in [0.1, 0.15) is 5.82 Å². The predicted molar refractivity (Wildman–Crippen MR) is 65.0 cm³/mol. The van der Waals surface area contributed by atoms with Crippen molar-refractivity contribution in [1.82, 2.24) is 4.90 Å². The number of morpholine rings is 1. The molecule has 2 rings (SSSR count). The molecule has 1 saturated heterocycles. The predicted octanol–water partition coefficient (Wildman–Crippen LogP) is 0.752. The number of amidine groups is 1. The molecule has 0 bridgehead atoms. The lowest BCUT2D eigenvalue weighted by Crippen LogP contribution is -2.35. The maximum absolute atomic E-state index is 13.4. The van der Waals surface area contributed by atoms with Crippen LogP contribution in [0.3, 0.4) is 0 Å². The third kappa shape index (κ3) is 3.18. The largest absolute Gasteiger partial charge is 0.409 e. The molecule has 1 aliphatic rings. The van der Waals surface area contributed by atoms with Crippen molar-refractivity contribution in [3.05, 3.63) is 35.1 Å². The van der Waals surface area contributed by atoms with E-state index in [1.807, 2.05) is 0 Å². The van der Waals surface area contributed by atoms with Crippen LogP contribution in [-0.4, -0.2) is 42.2 Å². The second-order valence-electron chi connectivity index (χ2n) is 4.22. The van der Waals surface area contributed by atoms with Gasteiger partial charge in [-0.15, -0.1) is 0 Å². The van der Waals surface area contributed by atoms with Gasteiger partial charge in [0, 0.05) is 25.2 Å². The monoisotopic (exact) mass is 253 g/mol. The van der Waals surface area contributed by atoms with Crippen molar-refractivity contribution < 1.29 is 14.3 Å². The molecule has 3 N–H and O–H groups in total. The molecule has 0 atom stereocenters. The van der Waals surface area contributed by atoms with Gasteiger partial charge in [-0.3, -0.25) is 4.90 Å². The molecule has 0 spiro atoms. The molecular weight excluding hydrogens is 237 g/mol. The fourth-order valence-corrected chi connectivity index (χ4v) is 1.96. The van der Waals surface area contributed by atoms with Crippen LogP contribution in [0.25, 0.3) is 0 Å². The Labute approximate surface area is 105 Å². The number of benzene rings is 1. The van der Waals surface area contributed by atoms with Crippen molar-refractivity contribution >= 4 is 5.84 Å². The Bertz CT molecular complexity index is 445. The molecule has 1 aromatic carbocycles. The zero-order chi connectivity index (χ0) is 13.0. The fraction of sp³-hybridized carbons (Fsp3) is 0.417. The van der Waals surface area contributed by atoms with Gasteiger partial charge in [-0.2, -0.15) is 0 Å². The number of nitrogens with zero attached hydrogens (tertiary/aromatic N) is 2. The minimum Gasteiger partial charge on any atom is -0.409 e. The molecule has 0 unspecified atom stereocenters. The maximum atomic E-state index is 13.4. The molecule has 0 aliphatic carbocycles. The Morgan fingerprint density at radius 1 is 1.39 bits per heavy atom. The van der Waals surface area contributed by atoms with Crippen molar-refractivity contribution in [1.29, 1.82) is 0 Å². The highest BCUT2D eigenvalue weighted by Gasteiger charge is 2.12. The summed E-state index contributed by atoms with van der Waals surface area (Å²) in [6.45, 7) is 3.68. The summed E-state index contributed by atoms with van der Waals surface area (Å²) in [7, 11) is 0. The van der Waals surface area contributed by atoms with E-state index in [1.165, 1.54) is 12.1 Å². The van der Waals surface area contributed by atoms with Gasteiger partial charge in [0.2, 0.25) is 0 Å². The van der Waals surface area contributed by atoms with Gasteiger partial charge in [-0.1, -0.05) is 5.16 Å². The molecule has 98 valence electrons. The van der Waals surface area contributed by atoms with Gasteiger partial charge in [-0.05, 0) is 23.8 Å². The summed E-state index contributed by atoms with van der Waals surface area (Å²) in [5.41, 5.74) is 6.66. The maximum Gasteiger partial charge on any atom is 0.170 e. The topological polar surface area (TPSA) is 71.1 Å². The van der Waals surface area contributed by atoms with Gasteiger partial charge in [0.05, 0.1) is 13.2 Å². The van der Waals surface area contributed by atoms with Crippen molar-refractivity contribution in [3.63, 3.8) is 0 Å². The third-order valence-electron chi connectivity index (χ3n) is 2.87. The van der Waals surface area contributed by atoms with Crippen molar-refractivity contribution in [2.75, 3.05) is 26.3 Å². The smallest absolute Gasteiger partial charge is 0.170 e. The zero-order valence-corrected chi connectivity index (χ0v) is 9.97. The Hall–Kier alpha value is -1.66. The summed E-state index contributed by atoms with van der Waals surface area (Å²) in [5, 5.41) is 11.5. The first-order chi connectivity index (χ1) is 8.69. The molecule has 1 fully saturated rings. The highest BCUT2D eigenvalue weighted by molar-refractivity contribution is 5.97. The van der Waals surface area contributed by atoms with Crippen LogP contribution in [0, 0.1) is 5.82 Å². The molecule has 5 nitrogen and oxygen atoms in total. The van der Waals surface area contributed by atoms with Crippen molar-refractivity contribution in [2.45, 2.75) is 6.54 Å². The zero-order valence-electron chi connectivity index (χ0n) is 9.97. The summed E-state index contributed by atoms with van der Waals surface area (Å²) < 4.78 is 18.7. The first kappa shape index (κ1) is 12.8. The highest BCUT2D eigenvalue weighted by atomic mass is 19.1. The molecule has 0 amide bonds. The summed E-state index contributed by atoms with van der Waals surface area (Å²) in [4.78, 5) is 2.17. The Morgan fingerprint density at radius 2 is 2.11 bits per heavy atom. The average Bonchev–Trinajstić information content (AvgIpc) is 2.38. The van der Waals surface area contributed by atoms with Crippen LogP contribution >= 0.6 is 0 Å². The van der Waals surface area contributed by atoms with Crippen LogP contribution in [0.5, 0.6) is 0 Å². The number of ether oxygens (including phenoxy) is 1. The molecule has 6 heteroatoms. The molecular formula is C12H16FN3O2. The highest BCUT2D eigenvalue weighted by Crippen LogP contribution is 2.12. The second-order valence-corrected chi connectivity index (χ2v) is 4.22. The van der Waals surface area contributed by atoms with Crippen LogP contribution in [0.4, 0.5) is 4.39 Å². The van der Waals surface area contributed by atoms with Crippen molar-refractivity contribution in [2.24, 2.45) is 10.9 Å². The minimum atomic E-state index is -0.387. The van der Waals surface area contributed by atoms with E-state index in [0.717, 1.165) is 18.7 Å². The van der Waals surface area contributed by atoms with Gasteiger partial charge < -0.3 is 15.7 Å². The minimum absolute atomic E-state index is 0.0854. The van der Waals surface area contributed by atoms with Crippen LogP contribution in [0.1, 0.15) is 11.1 Å². The van der Waals surface area contributed by atoms with Gasteiger partial charge in [0.25, 0.3) is 0 Å². The van der Waals surface area contributed by atoms with E-state index in [2.05, 4.69) is 10.1 Å². The van der Waals surface area contributed by atoms with E-state index in [1.54, 1.807) is 6.07 Å². The van der Waals surface area contributed by atoms with Crippen LogP contribution in [0.15, 0.2) is 23.4 Å². The van der Waals surface area contributed by atoms with Crippen molar-refractivity contribution in [3.8, 4) is 0 Å². The molecule has 0 saturated carbocycles. The second kappa shape index (κ2) is 5.79. The molecule has 18 heavy (non-hydrogen) atoms.